The van der Waals surface area contributed by atoms with Crippen LogP contribution in [-0.2, 0) is 9.47 Å². The molecule has 1 saturated heterocycles. The molecule has 2 rings (SSSR count). The zero-order valence-electron chi connectivity index (χ0n) is 10.6. The van der Waals surface area contributed by atoms with Gasteiger partial charge in [-0.3, -0.25) is 4.79 Å². The van der Waals surface area contributed by atoms with Crippen LogP contribution in [0.5, 0.6) is 0 Å². The van der Waals surface area contributed by atoms with Crippen LogP contribution in [0.3, 0.4) is 0 Å². The van der Waals surface area contributed by atoms with Gasteiger partial charge in [0.05, 0.1) is 19.3 Å². The monoisotopic (exact) mass is 248 g/mol. The van der Waals surface area contributed by atoms with Gasteiger partial charge in [-0.05, 0) is 19.3 Å². The number of carbonyl (C=O) groups is 1. The van der Waals surface area contributed by atoms with E-state index in [1.807, 2.05) is 30.3 Å². The van der Waals surface area contributed by atoms with Gasteiger partial charge >= 0.3 is 0 Å². The highest BCUT2D eigenvalue weighted by Crippen LogP contribution is 2.13. The zero-order chi connectivity index (χ0) is 12.6. The van der Waals surface area contributed by atoms with Crippen molar-refractivity contribution in [3.05, 3.63) is 35.9 Å². The average Bonchev–Trinajstić information content (AvgIpc) is 2.45. The molecule has 1 unspecified atom stereocenters. The topological polar surface area (TPSA) is 35.5 Å². The van der Waals surface area contributed by atoms with E-state index < -0.39 is 0 Å². The minimum atomic E-state index is 0.139. The van der Waals surface area contributed by atoms with Crippen LogP contribution in [0.2, 0.25) is 0 Å². The Bertz CT molecular complexity index is 355. The highest BCUT2D eigenvalue weighted by atomic mass is 16.5. The van der Waals surface area contributed by atoms with Gasteiger partial charge in [0.25, 0.3) is 0 Å². The van der Waals surface area contributed by atoms with E-state index >= 15 is 0 Å². The Morgan fingerprint density at radius 1 is 1.28 bits per heavy atom. The summed E-state index contributed by atoms with van der Waals surface area (Å²) in [5, 5.41) is 0. The number of carbonyl (C=O) groups excluding carboxylic acids is 1. The van der Waals surface area contributed by atoms with Crippen LogP contribution in [0.15, 0.2) is 30.3 Å². The lowest BCUT2D eigenvalue weighted by molar-refractivity contribution is -0.0401. The smallest absolute Gasteiger partial charge is 0.165 e. The van der Waals surface area contributed by atoms with E-state index in [-0.39, 0.29) is 11.9 Å². The highest BCUT2D eigenvalue weighted by molar-refractivity contribution is 5.96. The Morgan fingerprint density at radius 2 is 2.11 bits per heavy atom. The summed E-state index contributed by atoms with van der Waals surface area (Å²) >= 11 is 0. The molecule has 0 aliphatic carbocycles. The van der Waals surface area contributed by atoms with Crippen LogP contribution in [-0.4, -0.2) is 31.7 Å². The van der Waals surface area contributed by atoms with Gasteiger partial charge in [-0.25, -0.2) is 0 Å². The van der Waals surface area contributed by atoms with Crippen molar-refractivity contribution in [3.63, 3.8) is 0 Å². The minimum absolute atomic E-state index is 0.139. The molecule has 0 bridgehead atoms. The van der Waals surface area contributed by atoms with Gasteiger partial charge in [0.2, 0.25) is 0 Å². The third kappa shape index (κ3) is 4.24. The van der Waals surface area contributed by atoms with Crippen molar-refractivity contribution in [2.75, 3.05) is 19.8 Å². The van der Waals surface area contributed by atoms with Crippen molar-refractivity contribution in [3.8, 4) is 0 Å². The molecule has 0 aromatic heterocycles. The molecule has 18 heavy (non-hydrogen) atoms. The Balaban J connectivity index is 1.62. The summed E-state index contributed by atoms with van der Waals surface area (Å²) < 4.78 is 11.1. The number of benzene rings is 1. The first-order chi connectivity index (χ1) is 8.86. The summed E-state index contributed by atoms with van der Waals surface area (Å²) in [6.45, 7) is 1.94. The summed E-state index contributed by atoms with van der Waals surface area (Å²) in [6.07, 6.45) is 4.12. The highest BCUT2D eigenvalue weighted by Gasteiger charge is 2.13. The molecule has 0 radical (unpaired) electrons. The first-order valence-electron chi connectivity index (χ1n) is 6.64. The standard InChI is InChI=1S/C15H20O3/c16-15(13-6-2-1-3-7-13)9-11-17-12-14-8-4-5-10-18-14/h1-3,6-7,14H,4-5,8-12H2. The number of ketones is 1. The molecule has 0 N–H and O–H groups in total. The molecular formula is C15H20O3. The van der Waals surface area contributed by atoms with Crippen LogP contribution in [0.1, 0.15) is 36.0 Å². The molecule has 0 amide bonds. The van der Waals surface area contributed by atoms with Gasteiger partial charge in [0.1, 0.15) is 0 Å². The van der Waals surface area contributed by atoms with Crippen LogP contribution < -0.4 is 0 Å². The Labute approximate surface area is 108 Å². The third-order valence-electron chi connectivity index (χ3n) is 3.15. The zero-order valence-corrected chi connectivity index (χ0v) is 10.6. The summed E-state index contributed by atoms with van der Waals surface area (Å²) in [4.78, 5) is 11.8. The number of ether oxygens (including phenoxy) is 2. The second-order valence-corrected chi connectivity index (χ2v) is 4.60. The van der Waals surface area contributed by atoms with Gasteiger partial charge in [0.15, 0.2) is 5.78 Å². The maximum absolute atomic E-state index is 11.8. The molecule has 1 aromatic carbocycles. The minimum Gasteiger partial charge on any atom is -0.378 e. The number of rotatable bonds is 6. The lowest BCUT2D eigenvalue weighted by Gasteiger charge is -2.22. The fourth-order valence-electron chi connectivity index (χ4n) is 2.09. The van der Waals surface area contributed by atoms with Crippen molar-refractivity contribution in [2.45, 2.75) is 31.8 Å². The summed E-state index contributed by atoms with van der Waals surface area (Å²) in [5.41, 5.74) is 0.759. The molecule has 3 nitrogen and oxygen atoms in total. The molecule has 1 fully saturated rings. The lowest BCUT2D eigenvalue weighted by Crippen LogP contribution is -2.24. The quantitative estimate of drug-likeness (QED) is 0.573. The Hall–Kier alpha value is -1.19. The SMILES string of the molecule is O=C(CCOCC1CCCCO1)c1ccccc1. The lowest BCUT2D eigenvalue weighted by atomic mass is 10.1. The van der Waals surface area contributed by atoms with Gasteiger partial charge in [-0.2, -0.15) is 0 Å². The second-order valence-electron chi connectivity index (χ2n) is 4.60. The first kappa shape index (κ1) is 13.2. The number of hydrogen-bond donors (Lipinski definition) is 0. The summed E-state index contributed by atoms with van der Waals surface area (Å²) in [5.74, 6) is 0.139. The van der Waals surface area contributed by atoms with Crippen molar-refractivity contribution >= 4 is 5.78 Å². The predicted octanol–water partition coefficient (Wildman–Crippen LogP) is 2.85. The fraction of sp³-hybridized carbons (Fsp3) is 0.533. The molecule has 3 heteroatoms. The fourth-order valence-corrected chi connectivity index (χ4v) is 2.09. The van der Waals surface area contributed by atoms with Gasteiger partial charge in [-0.1, -0.05) is 30.3 Å². The van der Waals surface area contributed by atoms with Gasteiger partial charge in [-0.15, -0.1) is 0 Å². The molecule has 98 valence electrons. The normalized spacial score (nSPS) is 19.7. The van der Waals surface area contributed by atoms with Crippen molar-refractivity contribution in [1.29, 1.82) is 0 Å². The van der Waals surface area contributed by atoms with E-state index in [1.54, 1.807) is 0 Å². The maximum Gasteiger partial charge on any atom is 0.165 e. The van der Waals surface area contributed by atoms with Gasteiger partial charge < -0.3 is 9.47 Å². The van der Waals surface area contributed by atoms with Crippen LogP contribution in [0, 0.1) is 0 Å². The molecule has 1 heterocycles. The number of hydrogen-bond acceptors (Lipinski definition) is 3. The molecule has 1 aliphatic heterocycles. The first-order valence-corrected chi connectivity index (χ1v) is 6.64. The summed E-state index contributed by atoms with van der Waals surface area (Å²) in [7, 11) is 0. The Morgan fingerprint density at radius 3 is 2.83 bits per heavy atom. The van der Waals surface area contributed by atoms with E-state index in [4.69, 9.17) is 9.47 Å². The number of Topliss-reactive ketones (excluding diaryl/α,β-unsaturated/α-hetero) is 1. The largest absolute Gasteiger partial charge is 0.378 e. The van der Waals surface area contributed by atoms with E-state index in [0.717, 1.165) is 25.0 Å². The average molecular weight is 248 g/mol. The molecule has 1 atom stereocenters. The Kier molecular flexibility index (Phi) is 5.36. The molecular weight excluding hydrogens is 228 g/mol. The van der Waals surface area contributed by atoms with E-state index in [1.165, 1.54) is 6.42 Å². The second kappa shape index (κ2) is 7.29. The molecule has 1 aromatic rings. The predicted molar refractivity (Wildman–Crippen MR) is 69.8 cm³/mol. The third-order valence-corrected chi connectivity index (χ3v) is 3.15. The molecule has 0 saturated carbocycles. The maximum atomic E-state index is 11.8. The van der Waals surface area contributed by atoms with Gasteiger partial charge in [0, 0.05) is 18.6 Å². The van der Waals surface area contributed by atoms with Crippen LogP contribution in [0.25, 0.3) is 0 Å². The van der Waals surface area contributed by atoms with E-state index in [9.17, 15) is 4.79 Å². The van der Waals surface area contributed by atoms with Crippen molar-refractivity contribution in [1.82, 2.24) is 0 Å². The molecule has 1 aliphatic rings. The van der Waals surface area contributed by atoms with E-state index in [0.29, 0.717) is 19.6 Å². The van der Waals surface area contributed by atoms with Crippen LogP contribution >= 0.6 is 0 Å². The summed E-state index contributed by atoms with van der Waals surface area (Å²) in [6, 6.07) is 9.35. The molecule has 0 spiro atoms. The van der Waals surface area contributed by atoms with Crippen molar-refractivity contribution < 1.29 is 14.3 Å². The van der Waals surface area contributed by atoms with Crippen molar-refractivity contribution in [2.24, 2.45) is 0 Å². The van der Waals surface area contributed by atoms with E-state index in [2.05, 4.69) is 0 Å². The van der Waals surface area contributed by atoms with Crippen LogP contribution in [0.4, 0.5) is 0 Å².